The smallest absolute Gasteiger partial charge is 0.307 e. The van der Waals surface area contributed by atoms with Gasteiger partial charge in [-0.15, -0.1) is 0 Å². The Hall–Kier alpha value is -0.910. The Kier molecular flexibility index (Phi) is 7.72. The molecule has 0 aromatic heterocycles. The number of rotatable bonds is 7. The molecule has 3 atom stereocenters. The van der Waals surface area contributed by atoms with E-state index in [4.69, 9.17) is 16.3 Å². The van der Waals surface area contributed by atoms with Crippen molar-refractivity contribution in [2.45, 2.75) is 49.2 Å². The fourth-order valence-corrected chi connectivity index (χ4v) is 4.71. The minimum atomic E-state index is -1.05. The Labute approximate surface area is 152 Å². The highest BCUT2D eigenvalue weighted by Crippen LogP contribution is 2.27. The third kappa shape index (κ3) is 6.19. The molecule has 1 aliphatic rings. The van der Waals surface area contributed by atoms with Crippen molar-refractivity contribution in [3.63, 3.8) is 0 Å². The van der Waals surface area contributed by atoms with Gasteiger partial charge in [-0.2, -0.15) is 0 Å². The zero-order valence-electron chi connectivity index (χ0n) is 14.4. The SMILES string of the molecule is CN(C)CCC(=O)OC1CCCCC1S(=O)Cc1ccc(Cl)cc1. The third-order valence-electron chi connectivity index (χ3n) is 4.25. The molecular weight excluding hydrogens is 346 g/mol. The van der Waals surface area contributed by atoms with Crippen LogP contribution in [0, 0.1) is 0 Å². The van der Waals surface area contributed by atoms with Crippen LogP contribution >= 0.6 is 11.6 Å². The second kappa shape index (κ2) is 9.54. The highest BCUT2D eigenvalue weighted by atomic mass is 35.5. The Morgan fingerprint density at radius 3 is 2.58 bits per heavy atom. The number of hydrogen-bond donors (Lipinski definition) is 0. The lowest BCUT2D eigenvalue weighted by Crippen LogP contribution is -2.38. The van der Waals surface area contributed by atoms with Gasteiger partial charge in [0.2, 0.25) is 0 Å². The summed E-state index contributed by atoms with van der Waals surface area (Å²) in [5.41, 5.74) is 1.00. The summed E-state index contributed by atoms with van der Waals surface area (Å²) in [7, 11) is 2.80. The standard InChI is InChI=1S/C18H26ClNO3S/c1-20(2)12-11-18(21)23-16-5-3-4-6-17(16)24(22)13-14-7-9-15(19)10-8-14/h7-10,16-17H,3-6,11-13H2,1-2H3. The zero-order chi connectivity index (χ0) is 17.5. The Morgan fingerprint density at radius 1 is 1.25 bits per heavy atom. The van der Waals surface area contributed by atoms with E-state index in [2.05, 4.69) is 0 Å². The van der Waals surface area contributed by atoms with Gasteiger partial charge in [0, 0.05) is 28.1 Å². The molecule has 3 unspecified atom stereocenters. The molecule has 2 rings (SSSR count). The number of benzene rings is 1. The second-order valence-corrected chi connectivity index (χ2v) is 8.65. The summed E-state index contributed by atoms with van der Waals surface area (Å²) in [5, 5.41) is 0.604. The molecule has 1 aromatic carbocycles. The van der Waals surface area contributed by atoms with Crippen molar-refractivity contribution in [2.24, 2.45) is 0 Å². The van der Waals surface area contributed by atoms with E-state index in [9.17, 15) is 9.00 Å². The topological polar surface area (TPSA) is 46.6 Å². The molecule has 1 fully saturated rings. The highest BCUT2D eigenvalue weighted by Gasteiger charge is 2.32. The van der Waals surface area contributed by atoms with Crippen molar-refractivity contribution in [2.75, 3.05) is 20.6 Å². The zero-order valence-corrected chi connectivity index (χ0v) is 15.9. The maximum absolute atomic E-state index is 12.8. The lowest BCUT2D eigenvalue weighted by atomic mass is 9.97. The lowest BCUT2D eigenvalue weighted by molar-refractivity contribution is -0.150. The van der Waals surface area contributed by atoms with Crippen LogP contribution in [0.25, 0.3) is 0 Å². The van der Waals surface area contributed by atoms with Crippen LogP contribution in [-0.2, 0) is 26.1 Å². The van der Waals surface area contributed by atoms with Gasteiger partial charge in [-0.25, -0.2) is 0 Å². The van der Waals surface area contributed by atoms with Crippen LogP contribution < -0.4 is 0 Å². The van der Waals surface area contributed by atoms with E-state index in [-0.39, 0.29) is 17.3 Å². The van der Waals surface area contributed by atoms with E-state index in [0.29, 0.717) is 23.7 Å². The quantitative estimate of drug-likeness (QED) is 0.689. The molecule has 1 aliphatic carbocycles. The molecule has 0 saturated heterocycles. The average Bonchev–Trinajstić information content (AvgIpc) is 2.55. The third-order valence-corrected chi connectivity index (χ3v) is 6.33. The molecule has 0 amide bonds. The number of esters is 1. The average molecular weight is 372 g/mol. The van der Waals surface area contributed by atoms with Crippen molar-refractivity contribution in [3.8, 4) is 0 Å². The fourth-order valence-electron chi connectivity index (χ4n) is 2.89. The minimum Gasteiger partial charge on any atom is -0.461 e. The molecule has 0 spiro atoms. The van der Waals surface area contributed by atoms with Crippen LogP contribution in [0.1, 0.15) is 37.7 Å². The first kappa shape index (κ1) is 19.4. The largest absolute Gasteiger partial charge is 0.461 e. The summed E-state index contributed by atoms with van der Waals surface area (Å²) in [5.74, 6) is 0.289. The first-order chi connectivity index (χ1) is 11.5. The van der Waals surface area contributed by atoms with Crippen LogP contribution in [0.4, 0.5) is 0 Å². The molecule has 1 saturated carbocycles. The summed E-state index contributed by atoms with van der Waals surface area (Å²) >= 11 is 5.89. The van der Waals surface area contributed by atoms with Crippen molar-refractivity contribution < 1.29 is 13.7 Å². The first-order valence-electron chi connectivity index (χ1n) is 8.41. The van der Waals surface area contributed by atoms with Gasteiger partial charge in [0.1, 0.15) is 6.10 Å². The monoisotopic (exact) mass is 371 g/mol. The normalized spacial score (nSPS) is 22.3. The summed E-state index contributed by atoms with van der Waals surface area (Å²) in [6.07, 6.45) is 3.89. The predicted octanol–water partition coefficient (Wildman–Crippen LogP) is 3.39. The molecule has 0 N–H and O–H groups in total. The molecule has 6 heteroatoms. The molecule has 4 nitrogen and oxygen atoms in total. The van der Waals surface area contributed by atoms with Gasteiger partial charge in [0.05, 0.1) is 11.7 Å². The van der Waals surface area contributed by atoms with Crippen LogP contribution in [0.3, 0.4) is 0 Å². The molecule has 0 radical (unpaired) electrons. The number of halogens is 1. The first-order valence-corrected chi connectivity index (χ1v) is 10.2. The van der Waals surface area contributed by atoms with E-state index in [1.54, 1.807) is 0 Å². The van der Waals surface area contributed by atoms with Crippen molar-refractivity contribution in [1.29, 1.82) is 0 Å². The van der Waals surface area contributed by atoms with Gasteiger partial charge in [0.25, 0.3) is 0 Å². The van der Waals surface area contributed by atoms with E-state index in [0.717, 1.165) is 31.2 Å². The van der Waals surface area contributed by atoms with Gasteiger partial charge in [-0.3, -0.25) is 9.00 Å². The van der Waals surface area contributed by atoms with Gasteiger partial charge >= 0.3 is 5.97 Å². The van der Waals surface area contributed by atoms with Crippen molar-refractivity contribution in [3.05, 3.63) is 34.9 Å². The van der Waals surface area contributed by atoms with Gasteiger partial charge < -0.3 is 9.64 Å². The number of nitrogens with zero attached hydrogens (tertiary/aromatic N) is 1. The highest BCUT2D eigenvalue weighted by molar-refractivity contribution is 7.84. The van der Waals surface area contributed by atoms with Crippen LogP contribution in [0.2, 0.25) is 5.02 Å². The molecule has 0 bridgehead atoms. The number of ether oxygens (including phenoxy) is 1. The van der Waals surface area contributed by atoms with Crippen molar-refractivity contribution in [1.82, 2.24) is 4.90 Å². The van der Waals surface area contributed by atoms with Gasteiger partial charge in [-0.05, 0) is 51.1 Å². The second-order valence-electron chi connectivity index (χ2n) is 6.56. The lowest BCUT2D eigenvalue weighted by Gasteiger charge is -2.30. The Morgan fingerprint density at radius 2 is 1.92 bits per heavy atom. The minimum absolute atomic E-state index is 0.0715. The maximum Gasteiger partial charge on any atom is 0.307 e. The van der Waals surface area contributed by atoms with Crippen molar-refractivity contribution >= 4 is 28.4 Å². The molecule has 0 aliphatic heterocycles. The fraction of sp³-hybridized carbons (Fsp3) is 0.611. The Balaban J connectivity index is 1.93. The maximum atomic E-state index is 12.8. The van der Waals surface area contributed by atoms with Gasteiger partial charge in [0.15, 0.2) is 0 Å². The van der Waals surface area contributed by atoms with E-state index >= 15 is 0 Å². The molecule has 1 aromatic rings. The molecular formula is C18H26ClNO3S. The van der Waals surface area contributed by atoms with Crippen LogP contribution in [0.5, 0.6) is 0 Å². The number of hydrogen-bond acceptors (Lipinski definition) is 4. The summed E-state index contributed by atoms with van der Waals surface area (Å²) in [6.45, 7) is 0.671. The Bertz CT molecular complexity index is 562. The van der Waals surface area contributed by atoms with E-state index in [1.165, 1.54) is 0 Å². The molecule has 134 valence electrons. The van der Waals surface area contributed by atoms with E-state index in [1.807, 2.05) is 43.3 Å². The summed E-state index contributed by atoms with van der Waals surface area (Å²) < 4.78 is 18.4. The number of carbonyl (C=O) groups excluding carboxylic acids is 1. The molecule has 24 heavy (non-hydrogen) atoms. The summed E-state index contributed by atoms with van der Waals surface area (Å²) in [6, 6.07) is 7.43. The van der Waals surface area contributed by atoms with E-state index < -0.39 is 10.8 Å². The predicted molar refractivity (Wildman–Crippen MR) is 98.6 cm³/mol. The van der Waals surface area contributed by atoms with Crippen LogP contribution in [-0.4, -0.2) is 47.1 Å². The molecule has 0 heterocycles. The van der Waals surface area contributed by atoms with Crippen LogP contribution in [0.15, 0.2) is 24.3 Å². The summed E-state index contributed by atoms with van der Waals surface area (Å²) in [4.78, 5) is 14.0. The number of carbonyl (C=O) groups is 1. The van der Waals surface area contributed by atoms with Gasteiger partial charge in [-0.1, -0.05) is 30.2 Å².